The molecule has 0 aromatic heterocycles. The van der Waals surface area contributed by atoms with E-state index >= 15 is 0 Å². The first-order chi connectivity index (χ1) is 26.8. The molecule has 0 aliphatic heterocycles. The molecule has 0 saturated heterocycles. The first kappa shape index (κ1) is 53.9. The molecule has 326 valence electrons. The smallest absolute Gasteiger partial charge is 0.393 e. The summed E-state index contributed by atoms with van der Waals surface area (Å²) in [5.41, 5.74) is 5.37. The molecule has 0 bridgehead atoms. The maximum atomic E-state index is 12.8. The highest BCUT2D eigenvalue weighted by molar-refractivity contribution is 7.47. The highest BCUT2D eigenvalue weighted by atomic mass is 31.2. The van der Waals surface area contributed by atoms with Gasteiger partial charge in [-0.3, -0.25) is 13.8 Å². The van der Waals surface area contributed by atoms with E-state index in [9.17, 15) is 24.5 Å². The average molecular weight is 801 g/mol. The zero-order valence-electron chi connectivity index (χ0n) is 35.8. The van der Waals surface area contributed by atoms with Crippen molar-refractivity contribution < 1.29 is 33.5 Å². The van der Waals surface area contributed by atoms with Gasteiger partial charge in [0, 0.05) is 6.54 Å². The van der Waals surface area contributed by atoms with Gasteiger partial charge in [-0.2, -0.15) is 0 Å². The summed E-state index contributed by atoms with van der Waals surface area (Å²) in [4.78, 5) is 22.8. The van der Waals surface area contributed by atoms with Crippen molar-refractivity contribution in [2.75, 3.05) is 19.8 Å². The van der Waals surface area contributed by atoms with E-state index in [1.807, 2.05) is 6.08 Å². The van der Waals surface area contributed by atoms with E-state index in [4.69, 9.17) is 14.8 Å². The Labute approximate surface area is 339 Å². The van der Waals surface area contributed by atoms with E-state index < -0.39 is 38.6 Å². The van der Waals surface area contributed by atoms with Gasteiger partial charge in [-0.05, 0) is 44.9 Å². The minimum atomic E-state index is -4.40. The summed E-state index contributed by atoms with van der Waals surface area (Å²) in [7, 11) is -4.40. The van der Waals surface area contributed by atoms with Gasteiger partial charge in [-0.15, -0.1) is 0 Å². The lowest BCUT2D eigenvalue weighted by molar-refractivity contribution is -0.124. The molecule has 10 heteroatoms. The number of aliphatic hydroxyl groups is 2. The van der Waals surface area contributed by atoms with Crippen LogP contribution in [-0.2, 0) is 18.4 Å². The number of hydrogen-bond acceptors (Lipinski definition) is 7. The molecule has 1 amide bonds. The zero-order chi connectivity index (χ0) is 40.5. The molecule has 0 aliphatic rings. The molecule has 55 heavy (non-hydrogen) atoms. The lowest BCUT2D eigenvalue weighted by atomic mass is 10.0. The third-order valence-electron chi connectivity index (χ3n) is 10.3. The molecule has 0 heterocycles. The highest BCUT2D eigenvalue weighted by Gasteiger charge is 2.27. The number of carbonyl (C=O) groups excluding carboxylic acids is 1. The number of phosphoric acid groups is 1. The lowest BCUT2D eigenvalue weighted by Gasteiger charge is -2.24. The number of carbonyl (C=O) groups is 1. The molecule has 0 radical (unpaired) electrons. The topological polar surface area (TPSA) is 151 Å². The molecule has 6 N–H and O–H groups in total. The van der Waals surface area contributed by atoms with E-state index in [1.165, 1.54) is 141 Å². The fraction of sp³-hybridized carbons (Fsp3) is 0.889. The highest BCUT2D eigenvalue weighted by Crippen LogP contribution is 2.43. The molecule has 0 aliphatic carbocycles. The normalized spacial score (nSPS) is 14.8. The van der Waals surface area contributed by atoms with Crippen LogP contribution in [0.3, 0.4) is 0 Å². The van der Waals surface area contributed by atoms with Crippen LogP contribution >= 0.6 is 7.82 Å². The molecule has 0 aromatic rings. The van der Waals surface area contributed by atoms with Crippen molar-refractivity contribution in [1.29, 1.82) is 0 Å². The third kappa shape index (κ3) is 39.5. The second-order valence-electron chi connectivity index (χ2n) is 15.8. The van der Waals surface area contributed by atoms with Crippen molar-refractivity contribution in [1.82, 2.24) is 5.32 Å². The van der Waals surface area contributed by atoms with Gasteiger partial charge in [-0.25, -0.2) is 4.57 Å². The average Bonchev–Trinajstić information content (AvgIpc) is 3.16. The number of allylic oxidation sites excluding steroid dienone is 3. The number of nitrogens with two attached hydrogens (primary N) is 1. The minimum absolute atomic E-state index is 0.0489. The fourth-order valence-corrected chi connectivity index (χ4v) is 7.58. The molecule has 0 aromatic carbocycles. The Morgan fingerprint density at radius 3 is 1.45 bits per heavy atom. The Morgan fingerprint density at radius 2 is 1.02 bits per heavy atom. The van der Waals surface area contributed by atoms with E-state index in [-0.39, 0.29) is 19.6 Å². The molecule has 0 spiro atoms. The van der Waals surface area contributed by atoms with Crippen molar-refractivity contribution in [3.63, 3.8) is 0 Å². The summed E-state index contributed by atoms with van der Waals surface area (Å²) in [6.45, 7) is 3.98. The van der Waals surface area contributed by atoms with E-state index in [2.05, 4.69) is 31.3 Å². The van der Waals surface area contributed by atoms with Crippen LogP contribution in [0.5, 0.6) is 0 Å². The Bertz CT molecular complexity index is 935. The summed E-state index contributed by atoms with van der Waals surface area (Å²) < 4.78 is 22.1. The standard InChI is InChI=1S/C45H89N2O7P/c1-3-5-7-9-11-13-15-17-19-20-21-23-24-26-28-30-32-34-36-42(48)40-45(50)47-43(41-54-55(51,52)53-39-38-46)44(49)37-35-33-31-29-27-25-22-18-16-14-12-10-8-6-4-2/h21,23,35,37,42-44,48-49H,3-20,22,24-34,36,38-41,46H2,1-2H3,(H,47,50)(H,51,52)/b23-21-,37-35+. The van der Waals surface area contributed by atoms with E-state index in [1.54, 1.807) is 6.08 Å². The summed E-state index contributed by atoms with van der Waals surface area (Å²) >= 11 is 0. The van der Waals surface area contributed by atoms with Crippen LogP contribution in [0.2, 0.25) is 0 Å². The van der Waals surface area contributed by atoms with Crippen molar-refractivity contribution in [2.45, 2.75) is 238 Å². The van der Waals surface area contributed by atoms with Crippen LogP contribution in [0, 0.1) is 0 Å². The van der Waals surface area contributed by atoms with Gasteiger partial charge in [0.25, 0.3) is 0 Å². The fourth-order valence-electron chi connectivity index (χ4n) is 6.82. The van der Waals surface area contributed by atoms with Gasteiger partial charge in [0.05, 0.1) is 37.9 Å². The van der Waals surface area contributed by atoms with E-state index in [0.717, 1.165) is 51.4 Å². The van der Waals surface area contributed by atoms with E-state index in [0.29, 0.717) is 6.42 Å². The Kier molecular flexibility index (Phi) is 40.3. The largest absolute Gasteiger partial charge is 0.472 e. The van der Waals surface area contributed by atoms with Gasteiger partial charge in [-0.1, -0.05) is 192 Å². The molecule has 4 atom stereocenters. The number of phosphoric ester groups is 1. The first-order valence-corrected chi connectivity index (χ1v) is 24.5. The van der Waals surface area contributed by atoms with Gasteiger partial charge >= 0.3 is 7.82 Å². The van der Waals surface area contributed by atoms with Crippen LogP contribution in [0.15, 0.2) is 24.3 Å². The molecule has 9 nitrogen and oxygen atoms in total. The summed E-state index contributed by atoms with van der Waals surface area (Å²) in [6.07, 6.45) is 44.0. The molecular formula is C45H89N2O7P. The predicted molar refractivity (Wildman–Crippen MR) is 232 cm³/mol. The first-order valence-electron chi connectivity index (χ1n) is 23.0. The van der Waals surface area contributed by atoms with Crippen LogP contribution < -0.4 is 11.1 Å². The van der Waals surface area contributed by atoms with Crippen LogP contribution in [0.4, 0.5) is 0 Å². The molecule has 4 unspecified atom stereocenters. The second kappa shape index (κ2) is 41.1. The molecule has 0 fully saturated rings. The van der Waals surface area contributed by atoms with Gasteiger partial charge < -0.3 is 26.2 Å². The quantitative estimate of drug-likeness (QED) is 0.0232. The second-order valence-corrected chi connectivity index (χ2v) is 17.3. The van der Waals surface area contributed by atoms with Crippen molar-refractivity contribution in [2.24, 2.45) is 5.73 Å². The van der Waals surface area contributed by atoms with Crippen LogP contribution in [0.1, 0.15) is 219 Å². The Balaban J connectivity index is 4.28. The molecular weight excluding hydrogens is 711 g/mol. The number of rotatable bonds is 43. The maximum absolute atomic E-state index is 12.8. The number of unbranched alkanes of at least 4 members (excludes halogenated alkanes) is 27. The van der Waals surface area contributed by atoms with Crippen molar-refractivity contribution in [3.8, 4) is 0 Å². The minimum Gasteiger partial charge on any atom is -0.393 e. The van der Waals surface area contributed by atoms with Crippen LogP contribution in [0.25, 0.3) is 0 Å². The summed E-state index contributed by atoms with van der Waals surface area (Å²) in [6, 6.07) is -0.983. The monoisotopic (exact) mass is 801 g/mol. The number of nitrogens with one attached hydrogen (secondary N) is 1. The zero-order valence-corrected chi connectivity index (χ0v) is 36.7. The van der Waals surface area contributed by atoms with Crippen LogP contribution in [-0.4, -0.2) is 59.0 Å². The van der Waals surface area contributed by atoms with Crippen molar-refractivity contribution in [3.05, 3.63) is 24.3 Å². The summed E-state index contributed by atoms with van der Waals surface area (Å²) in [5.74, 6) is -0.449. The van der Waals surface area contributed by atoms with Gasteiger partial charge in [0.1, 0.15) is 0 Å². The van der Waals surface area contributed by atoms with Gasteiger partial charge in [0.2, 0.25) is 5.91 Å². The number of aliphatic hydroxyl groups excluding tert-OH is 2. The lowest BCUT2D eigenvalue weighted by Crippen LogP contribution is -2.46. The van der Waals surface area contributed by atoms with Gasteiger partial charge in [0.15, 0.2) is 0 Å². The molecule has 0 rings (SSSR count). The van der Waals surface area contributed by atoms with Crippen molar-refractivity contribution >= 4 is 13.7 Å². The predicted octanol–water partition coefficient (Wildman–Crippen LogP) is 11.9. The number of hydrogen-bond donors (Lipinski definition) is 5. The Morgan fingerprint density at radius 1 is 0.618 bits per heavy atom. The number of amides is 1. The third-order valence-corrected chi connectivity index (χ3v) is 11.3. The summed E-state index contributed by atoms with van der Waals surface area (Å²) in [5, 5.41) is 24.1. The maximum Gasteiger partial charge on any atom is 0.472 e. The Hall–Kier alpha value is -1.06. The SMILES string of the molecule is CCCCCCCCCCC/C=C\CCCCCCCC(O)CC(=O)NC(COP(=O)(O)OCCN)C(O)/C=C/CCCCCCCCCCCCCCC. The molecule has 0 saturated carbocycles.